The van der Waals surface area contributed by atoms with Crippen molar-refractivity contribution < 1.29 is 12.4 Å². The molecule has 2 nitrogen and oxygen atoms in total. The largest absolute Gasteiger partial charge is 2.00 e. The molecule has 1 rings (SSSR count). The van der Waals surface area contributed by atoms with E-state index in [0.29, 0.717) is 12.2 Å². The fourth-order valence-corrected chi connectivity index (χ4v) is 0.967. The Kier molecular flexibility index (Phi) is 8.24. The summed E-state index contributed by atoms with van der Waals surface area (Å²) in [6.45, 7) is 2.58. The standard InChI is InChI=1S/C11H14O2.Ca.2H/c1-2-3-9-13-11(12)10-7-5-4-6-8-10;;;/h4-8H,2-3,9H2,1H3;;;/q;+2;2*-1. The summed E-state index contributed by atoms with van der Waals surface area (Å²) < 4.78 is 5.03. The molecule has 1 aromatic rings. The summed E-state index contributed by atoms with van der Waals surface area (Å²) in [6.07, 6.45) is 1.97. The van der Waals surface area contributed by atoms with Crippen molar-refractivity contribution in [2.45, 2.75) is 19.8 Å². The van der Waals surface area contributed by atoms with E-state index in [4.69, 9.17) is 4.74 Å². The van der Waals surface area contributed by atoms with Gasteiger partial charge in [0.25, 0.3) is 0 Å². The van der Waals surface area contributed by atoms with Crippen LogP contribution in [0.1, 0.15) is 33.0 Å². The molecular formula is C11H16CaO2. The van der Waals surface area contributed by atoms with Crippen LogP contribution in [0.3, 0.4) is 0 Å². The Bertz CT molecular complexity index is 268. The number of hydrogen-bond donors (Lipinski definition) is 0. The van der Waals surface area contributed by atoms with E-state index in [1.807, 2.05) is 18.2 Å². The molecule has 1 aromatic carbocycles. The van der Waals surface area contributed by atoms with Gasteiger partial charge in [-0.1, -0.05) is 31.5 Å². The predicted molar refractivity (Wildman–Crippen MR) is 59.6 cm³/mol. The van der Waals surface area contributed by atoms with Crippen LogP contribution < -0.4 is 0 Å². The van der Waals surface area contributed by atoms with Gasteiger partial charge in [-0.3, -0.25) is 0 Å². The number of carbonyl (C=O) groups is 1. The van der Waals surface area contributed by atoms with E-state index in [1.165, 1.54) is 0 Å². The summed E-state index contributed by atoms with van der Waals surface area (Å²) in [5, 5.41) is 0. The van der Waals surface area contributed by atoms with E-state index in [1.54, 1.807) is 12.1 Å². The molecule has 0 atom stereocenters. The average Bonchev–Trinajstić information content (AvgIpc) is 2.19. The molecule has 74 valence electrons. The molecule has 0 saturated carbocycles. The summed E-state index contributed by atoms with van der Waals surface area (Å²) in [5.74, 6) is -0.228. The topological polar surface area (TPSA) is 26.3 Å². The molecule has 0 N–H and O–H groups in total. The van der Waals surface area contributed by atoms with E-state index < -0.39 is 0 Å². The number of esters is 1. The number of carbonyl (C=O) groups excluding carboxylic acids is 1. The number of benzene rings is 1. The third kappa shape index (κ3) is 4.99. The van der Waals surface area contributed by atoms with Crippen LogP contribution in [0.2, 0.25) is 0 Å². The molecule has 14 heavy (non-hydrogen) atoms. The zero-order chi connectivity index (χ0) is 9.52. The normalized spacial score (nSPS) is 8.93. The Hall–Kier alpha value is -0.0503. The predicted octanol–water partition coefficient (Wildman–Crippen LogP) is 2.49. The first-order valence-electron chi connectivity index (χ1n) is 4.56. The molecule has 0 heterocycles. The van der Waals surface area contributed by atoms with Gasteiger partial charge in [-0.05, 0) is 18.6 Å². The van der Waals surface area contributed by atoms with Crippen LogP contribution >= 0.6 is 0 Å². The third-order valence-electron chi connectivity index (χ3n) is 1.74. The molecule has 0 amide bonds. The fourth-order valence-electron chi connectivity index (χ4n) is 0.967. The molecule has 0 aliphatic carbocycles. The van der Waals surface area contributed by atoms with Crippen molar-refractivity contribution in [3.8, 4) is 0 Å². The molecule has 0 unspecified atom stereocenters. The quantitative estimate of drug-likeness (QED) is 0.443. The molecule has 0 bridgehead atoms. The van der Waals surface area contributed by atoms with Gasteiger partial charge in [0.05, 0.1) is 12.2 Å². The number of unbranched alkanes of at least 4 members (excludes halogenated alkanes) is 1. The summed E-state index contributed by atoms with van der Waals surface area (Å²) in [4.78, 5) is 11.3. The molecule has 3 heteroatoms. The average molecular weight is 220 g/mol. The first-order chi connectivity index (χ1) is 6.34. The molecule has 0 aliphatic heterocycles. The van der Waals surface area contributed by atoms with Gasteiger partial charge in [0.15, 0.2) is 0 Å². The maximum Gasteiger partial charge on any atom is 2.00 e. The zero-order valence-corrected chi connectivity index (χ0v) is 10.7. The van der Waals surface area contributed by atoms with Gasteiger partial charge in [-0.2, -0.15) is 0 Å². The Labute approximate surface area is 118 Å². The summed E-state index contributed by atoms with van der Waals surface area (Å²) in [5.41, 5.74) is 0.624. The second kappa shape index (κ2) is 8.27. The Morgan fingerprint density at radius 3 is 2.57 bits per heavy atom. The minimum Gasteiger partial charge on any atom is -1.00 e. The molecule has 0 saturated heterocycles. The van der Waals surface area contributed by atoms with Gasteiger partial charge in [0, 0.05) is 0 Å². The van der Waals surface area contributed by atoms with Gasteiger partial charge in [0.1, 0.15) is 0 Å². The van der Waals surface area contributed by atoms with Crippen molar-refractivity contribution in [2.24, 2.45) is 0 Å². The van der Waals surface area contributed by atoms with Gasteiger partial charge in [-0.25, -0.2) is 4.79 Å². The third-order valence-corrected chi connectivity index (χ3v) is 1.74. The molecule has 0 aliphatic rings. The maximum atomic E-state index is 11.3. The summed E-state index contributed by atoms with van der Waals surface area (Å²) in [6, 6.07) is 9.05. The fraction of sp³-hybridized carbons (Fsp3) is 0.364. The number of rotatable bonds is 4. The minimum absolute atomic E-state index is 0. The van der Waals surface area contributed by atoms with E-state index in [-0.39, 0.29) is 46.6 Å². The minimum atomic E-state index is -0.228. The van der Waals surface area contributed by atoms with Gasteiger partial charge < -0.3 is 7.59 Å². The van der Waals surface area contributed by atoms with Gasteiger partial charge in [-0.15, -0.1) is 0 Å². The van der Waals surface area contributed by atoms with Crippen molar-refractivity contribution in [3.05, 3.63) is 35.9 Å². The molecule has 0 radical (unpaired) electrons. The number of hydrogen-bond acceptors (Lipinski definition) is 2. The summed E-state index contributed by atoms with van der Waals surface area (Å²) in [7, 11) is 0. The SMILES string of the molecule is CCCCOC(=O)c1ccccc1.[Ca+2].[H-].[H-]. The van der Waals surface area contributed by atoms with Gasteiger partial charge >= 0.3 is 43.7 Å². The first-order valence-corrected chi connectivity index (χ1v) is 4.56. The first kappa shape index (κ1) is 13.9. The number of ether oxygens (including phenoxy) is 1. The Morgan fingerprint density at radius 1 is 1.36 bits per heavy atom. The zero-order valence-electron chi connectivity index (χ0n) is 10.5. The van der Waals surface area contributed by atoms with Crippen LogP contribution in [0.15, 0.2) is 30.3 Å². The van der Waals surface area contributed by atoms with E-state index >= 15 is 0 Å². The second-order valence-corrected chi connectivity index (χ2v) is 2.86. The van der Waals surface area contributed by atoms with Crippen molar-refractivity contribution in [2.75, 3.05) is 6.61 Å². The maximum absolute atomic E-state index is 11.3. The smallest absolute Gasteiger partial charge is 1.00 e. The van der Waals surface area contributed by atoms with Crippen LogP contribution in [0.4, 0.5) is 0 Å². The van der Waals surface area contributed by atoms with Crippen molar-refractivity contribution in [1.82, 2.24) is 0 Å². The summed E-state index contributed by atoms with van der Waals surface area (Å²) >= 11 is 0. The monoisotopic (exact) mass is 220 g/mol. The van der Waals surface area contributed by atoms with Gasteiger partial charge in [0.2, 0.25) is 0 Å². The molecule has 0 spiro atoms. The van der Waals surface area contributed by atoms with Crippen molar-refractivity contribution in [1.29, 1.82) is 0 Å². The Morgan fingerprint density at radius 2 is 2.00 bits per heavy atom. The van der Waals surface area contributed by atoms with Crippen molar-refractivity contribution in [3.63, 3.8) is 0 Å². The molecule has 0 fully saturated rings. The van der Waals surface area contributed by atoms with Crippen LogP contribution in [-0.2, 0) is 4.74 Å². The van der Waals surface area contributed by atoms with Crippen molar-refractivity contribution >= 4 is 43.7 Å². The van der Waals surface area contributed by atoms with E-state index in [9.17, 15) is 4.79 Å². The second-order valence-electron chi connectivity index (χ2n) is 2.86. The van der Waals surface area contributed by atoms with Crippen LogP contribution in [0, 0.1) is 0 Å². The molecular weight excluding hydrogens is 204 g/mol. The van der Waals surface area contributed by atoms with Crippen LogP contribution in [-0.4, -0.2) is 50.3 Å². The molecule has 0 aromatic heterocycles. The Balaban J connectivity index is -0.000000563. The van der Waals surface area contributed by atoms with Crippen LogP contribution in [0.25, 0.3) is 0 Å². The van der Waals surface area contributed by atoms with E-state index in [0.717, 1.165) is 12.8 Å². The van der Waals surface area contributed by atoms with Crippen LogP contribution in [0.5, 0.6) is 0 Å². The van der Waals surface area contributed by atoms with E-state index in [2.05, 4.69) is 6.92 Å².